The maximum atomic E-state index is 11.1. The first-order chi connectivity index (χ1) is 7.71. The topological polar surface area (TPSA) is 26.3 Å². The Hall–Kier alpha value is -1.46. The number of esters is 1. The zero-order chi connectivity index (χ0) is 12.0. The van der Waals surface area contributed by atoms with E-state index in [1.807, 2.05) is 19.1 Å². The lowest BCUT2D eigenvalue weighted by molar-refractivity contribution is -0.131. The molecule has 0 N–H and O–H groups in total. The van der Waals surface area contributed by atoms with E-state index in [2.05, 4.69) is 11.8 Å². The highest BCUT2D eigenvalue weighted by atomic mass is 35.5. The van der Waals surface area contributed by atoms with E-state index >= 15 is 0 Å². The molecule has 0 spiro atoms. The molecule has 0 bridgehead atoms. The van der Waals surface area contributed by atoms with Crippen LogP contribution in [0.1, 0.15) is 25.0 Å². The van der Waals surface area contributed by atoms with Gasteiger partial charge in [0, 0.05) is 5.56 Å². The lowest BCUT2D eigenvalue weighted by Gasteiger charge is -2.07. The monoisotopic (exact) mass is 236 g/mol. The van der Waals surface area contributed by atoms with Crippen LogP contribution in [0.15, 0.2) is 18.2 Å². The number of benzene rings is 1. The highest BCUT2D eigenvalue weighted by Gasteiger charge is 2.07. The minimum atomic E-state index is -0.439. The molecule has 0 atom stereocenters. The Labute approximate surface area is 101 Å². The predicted molar refractivity (Wildman–Crippen MR) is 64.7 cm³/mol. The Bertz CT molecular complexity index is 441. The minimum absolute atomic E-state index is 0.139. The van der Waals surface area contributed by atoms with Gasteiger partial charge in [-0.25, -0.2) is 0 Å². The normalized spacial score (nSPS) is 9.19. The van der Waals surface area contributed by atoms with Crippen molar-refractivity contribution in [3.8, 4) is 17.6 Å². The molecule has 0 unspecified atom stereocenters. The number of halogens is 1. The summed E-state index contributed by atoms with van der Waals surface area (Å²) in [4.78, 5) is 11.1. The first-order valence-corrected chi connectivity index (χ1v) is 5.57. The molecule has 1 aromatic rings. The fourth-order valence-electron chi connectivity index (χ4n) is 1.33. The molecule has 2 nitrogen and oxygen atoms in total. The van der Waals surface area contributed by atoms with E-state index in [0.717, 1.165) is 17.5 Å². The van der Waals surface area contributed by atoms with Gasteiger partial charge in [-0.15, -0.1) is 17.5 Å². The molecule has 0 aliphatic rings. The Morgan fingerprint density at radius 1 is 1.50 bits per heavy atom. The van der Waals surface area contributed by atoms with Gasteiger partial charge in [0.05, 0.1) is 0 Å². The first kappa shape index (κ1) is 12.6. The van der Waals surface area contributed by atoms with Crippen molar-refractivity contribution in [2.75, 3.05) is 5.88 Å². The second kappa shape index (κ2) is 6.19. The fourth-order valence-corrected chi connectivity index (χ4v) is 1.38. The zero-order valence-electron chi connectivity index (χ0n) is 9.34. The summed E-state index contributed by atoms with van der Waals surface area (Å²) in [5.41, 5.74) is 1.88. The summed E-state index contributed by atoms with van der Waals surface area (Å²) >= 11 is 5.38. The van der Waals surface area contributed by atoms with Crippen molar-refractivity contribution in [1.82, 2.24) is 0 Å². The van der Waals surface area contributed by atoms with Gasteiger partial charge in [-0.3, -0.25) is 4.79 Å². The van der Waals surface area contributed by atoms with Crippen LogP contribution in [-0.4, -0.2) is 11.8 Å². The van der Waals surface area contributed by atoms with Crippen molar-refractivity contribution in [2.24, 2.45) is 0 Å². The van der Waals surface area contributed by atoms with Gasteiger partial charge in [-0.2, -0.15) is 0 Å². The third kappa shape index (κ3) is 3.29. The van der Waals surface area contributed by atoms with Crippen molar-refractivity contribution in [3.05, 3.63) is 29.3 Å². The number of alkyl halides is 1. The highest BCUT2D eigenvalue weighted by molar-refractivity contribution is 6.26. The van der Waals surface area contributed by atoms with Gasteiger partial charge >= 0.3 is 5.97 Å². The number of ether oxygens (including phenoxy) is 1. The molecule has 84 valence electrons. The number of rotatable bonds is 3. The number of hydrogen-bond acceptors (Lipinski definition) is 2. The summed E-state index contributed by atoms with van der Waals surface area (Å²) in [6.45, 7) is 3.78. The second-order valence-electron chi connectivity index (χ2n) is 3.16. The van der Waals surface area contributed by atoms with E-state index in [1.54, 1.807) is 13.0 Å². The third-order valence-electron chi connectivity index (χ3n) is 2.04. The summed E-state index contributed by atoms with van der Waals surface area (Å²) in [5.74, 6) is 5.77. The largest absolute Gasteiger partial charge is 0.425 e. The Morgan fingerprint density at radius 3 is 2.81 bits per heavy atom. The third-order valence-corrected chi connectivity index (χ3v) is 2.26. The highest BCUT2D eigenvalue weighted by Crippen LogP contribution is 2.20. The van der Waals surface area contributed by atoms with Gasteiger partial charge in [0.15, 0.2) is 0 Å². The standard InChI is InChI=1S/C13H13ClO2/c1-3-5-10-6-7-12(11(4-2)8-10)16-13(15)9-14/h6-8H,4,9H2,1-2H3. The van der Waals surface area contributed by atoms with Gasteiger partial charge in [-0.1, -0.05) is 12.8 Å². The summed E-state index contributed by atoms with van der Waals surface area (Å²) in [7, 11) is 0. The van der Waals surface area contributed by atoms with Crippen LogP contribution in [0.3, 0.4) is 0 Å². The number of hydrogen-bond donors (Lipinski definition) is 0. The Morgan fingerprint density at radius 2 is 2.25 bits per heavy atom. The van der Waals surface area contributed by atoms with Crippen LogP contribution >= 0.6 is 11.6 Å². The summed E-state index contributed by atoms with van der Waals surface area (Å²) in [6, 6.07) is 5.50. The van der Waals surface area contributed by atoms with Gasteiger partial charge in [0.25, 0.3) is 0 Å². The molecule has 0 fully saturated rings. The van der Waals surface area contributed by atoms with E-state index in [-0.39, 0.29) is 5.88 Å². The van der Waals surface area contributed by atoms with Crippen LogP contribution in [0, 0.1) is 11.8 Å². The molecule has 0 amide bonds. The molecule has 0 aliphatic carbocycles. The Balaban J connectivity index is 3.00. The van der Waals surface area contributed by atoms with E-state index < -0.39 is 5.97 Å². The van der Waals surface area contributed by atoms with E-state index in [4.69, 9.17) is 16.3 Å². The molecule has 0 saturated heterocycles. The number of carbonyl (C=O) groups is 1. The SMILES string of the molecule is CC#Cc1ccc(OC(=O)CCl)c(CC)c1. The summed E-state index contributed by atoms with van der Waals surface area (Å²) in [6.07, 6.45) is 0.782. The van der Waals surface area contributed by atoms with Gasteiger partial charge < -0.3 is 4.74 Å². The molecular formula is C13H13ClO2. The van der Waals surface area contributed by atoms with Crippen LogP contribution in [0.25, 0.3) is 0 Å². The van der Waals surface area contributed by atoms with Crippen LogP contribution in [0.2, 0.25) is 0 Å². The van der Waals surface area contributed by atoms with E-state index in [9.17, 15) is 4.79 Å². The van der Waals surface area contributed by atoms with Crippen molar-refractivity contribution < 1.29 is 9.53 Å². The second-order valence-corrected chi connectivity index (χ2v) is 3.43. The van der Waals surface area contributed by atoms with Gasteiger partial charge in [0.2, 0.25) is 0 Å². The quantitative estimate of drug-likeness (QED) is 0.349. The maximum absolute atomic E-state index is 11.1. The van der Waals surface area contributed by atoms with Crippen LogP contribution in [-0.2, 0) is 11.2 Å². The Kier molecular flexibility index (Phi) is 4.88. The van der Waals surface area contributed by atoms with Gasteiger partial charge in [0.1, 0.15) is 11.6 Å². The molecule has 3 heteroatoms. The molecule has 1 aromatic carbocycles. The van der Waals surface area contributed by atoms with Crippen LogP contribution < -0.4 is 4.74 Å². The maximum Gasteiger partial charge on any atom is 0.326 e. The van der Waals surface area contributed by atoms with Gasteiger partial charge in [-0.05, 0) is 37.1 Å². The average Bonchev–Trinajstić information content (AvgIpc) is 2.31. The van der Waals surface area contributed by atoms with Crippen LogP contribution in [0.4, 0.5) is 0 Å². The summed E-state index contributed by atoms with van der Waals surface area (Å²) < 4.78 is 5.10. The van der Waals surface area contributed by atoms with E-state index in [1.165, 1.54) is 0 Å². The molecule has 0 aromatic heterocycles. The molecule has 16 heavy (non-hydrogen) atoms. The smallest absolute Gasteiger partial charge is 0.326 e. The van der Waals surface area contributed by atoms with E-state index in [0.29, 0.717) is 5.75 Å². The first-order valence-electron chi connectivity index (χ1n) is 5.03. The summed E-state index contributed by atoms with van der Waals surface area (Å²) in [5, 5.41) is 0. The van der Waals surface area contributed by atoms with Crippen molar-refractivity contribution >= 4 is 17.6 Å². The van der Waals surface area contributed by atoms with Crippen LogP contribution in [0.5, 0.6) is 5.75 Å². The average molecular weight is 237 g/mol. The number of carbonyl (C=O) groups excluding carboxylic acids is 1. The fraction of sp³-hybridized carbons (Fsp3) is 0.308. The lowest BCUT2D eigenvalue weighted by atomic mass is 10.1. The minimum Gasteiger partial charge on any atom is -0.425 e. The molecular weight excluding hydrogens is 224 g/mol. The van der Waals surface area contributed by atoms with Crippen molar-refractivity contribution in [3.63, 3.8) is 0 Å². The molecule has 0 saturated carbocycles. The van der Waals surface area contributed by atoms with Crippen molar-refractivity contribution in [1.29, 1.82) is 0 Å². The number of aryl methyl sites for hydroxylation is 1. The molecule has 0 heterocycles. The lowest BCUT2D eigenvalue weighted by Crippen LogP contribution is -2.10. The molecule has 1 rings (SSSR count). The molecule has 0 aliphatic heterocycles. The van der Waals surface area contributed by atoms with Crippen molar-refractivity contribution in [2.45, 2.75) is 20.3 Å². The zero-order valence-corrected chi connectivity index (χ0v) is 10.1. The molecule has 0 radical (unpaired) electrons. The predicted octanol–water partition coefficient (Wildman–Crippen LogP) is 2.76.